The summed E-state index contributed by atoms with van der Waals surface area (Å²) in [5.74, 6) is -0.000385. The number of benzene rings is 2. The van der Waals surface area contributed by atoms with Crippen molar-refractivity contribution in [2.75, 3.05) is 6.54 Å². The van der Waals surface area contributed by atoms with Crippen LogP contribution in [0.2, 0.25) is 0 Å². The second-order valence-electron chi connectivity index (χ2n) is 4.32. The molecule has 0 heterocycles. The molecule has 5 heteroatoms. The lowest BCUT2D eigenvalue weighted by atomic mass is 10.2. The van der Waals surface area contributed by atoms with Crippen LogP contribution in [0.25, 0.3) is 0 Å². The molecule has 2 N–H and O–H groups in total. The number of hydrogen-bond acceptors (Lipinski definition) is 3. The van der Waals surface area contributed by atoms with Gasteiger partial charge in [-0.25, -0.2) is 4.79 Å². The molecule has 0 saturated carbocycles. The standard InChI is InChI=1S/C16H15NO4/c1-2-17-15(18)11-3-7-13(8-4-11)21-14-9-5-12(6-10-14)16(19)20/h3-10H,2H2,1H3,(H,17,18)(H,19,20). The number of aromatic carboxylic acids is 1. The number of hydrogen-bond donors (Lipinski definition) is 2. The second kappa shape index (κ2) is 6.56. The molecule has 2 aromatic carbocycles. The average Bonchev–Trinajstić information content (AvgIpc) is 2.49. The van der Waals surface area contributed by atoms with Crippen LogP contribution in [0.4, 0.5) is 0 Å². The van der Waals surface area contributed by atoms with Crippen LogP contribution < -0.4 is 10.1 Å². The third-order valence-electron chi connectivity index (χ3n) is 2.79. The third kappa shape index (κ3) is 3.82. The van der Waals surface area contributed by atoms with Crippen molar-refractivity contribution in [3.05, 3.63) is 59.7 Å². The summed E-state index contributed by atoms with van der Waals surface area (Å²) < 4.78 is 5.58. The van der Waals surface area contributed by atoms with Crippen LogP contribution in [0.1, 0.15) is 27.6 Å². The molecule has 0 aromatic heterocycles. The topological polar surface area (TPSA) is 75.6 Å². The van der Waals surface area contributed by atoms with E-state index < -0.39 is 5.97 Å². The van der Waals surface area contributed by atoms with E-state index in [1.165, 1.54) is 12.1 Å². The smallest absolute Gasteiger partial charge is 0.335 e. The molecule has 0 unspecified atom stereocenters. The summed E-state index contributed by atoms with van der Waals surface area (Å²) in [7, 11) is 0. The maximum Gasteiger partial charge on any atom is 0.335 e. The molecule has 21 heavy (non-hydrogen) atoms. The van der Waals surface area contributed by atoms with E-state index in [4.69, 9.17) is 9.84 Å². The quantitative estimate of drug-likeness (QED) is 0.885. The molecule has 0 aliphatic carbocycles. The van der Waals surface area contributed by atoms with E-state index in [0.29, 0.717) is 23.6 Å². The highest BCUT2D eigenvalue weighted by Gasteiger charge is 2.05. The van der Waals surface area contributed by atoms with Crippen molar-refractivity contribution in [2.24, 2.45) is 0 Å². The minimum absolute atomic E-state index is 0.130. The van der Waals surface area contributed by atoms with Crippen LogP contribution in [-0.4, -0.2) is 23.5 Å². The van der Waals surface area contributed by atoms with Crippen molar-refractivity contribution in [1.29, 1.82) is 0 Å². The maximum absolute atomic E-state index is 11.6. The second-order valence-corrected chi connectivity index (χ2v) is 4.32. The lowest BCUT2D eigenvalue weighted by molar-refractivity contribution is 0.0696. The Morgan fingerprint density at radius 2 is 1.43 bits per heavy atom. The van der Waals surface area contributed by atoms with Gasteiger partial charge in [0.25, 0.3) is 5.91 Å². The fraction of sp³-hybridized carbons (Fsp3) is 0.125. The van der Waals surface area contributed by atoms with E-state index in [1.807, 2.05) is 6.92 Å². The van der Waals surface area contributed by atoms with E-state index in [9.17, 15) is 9.59 Å². The summed E-state index contributed by atoms with van der Waals surface area (Å²) in [6.45, 7) is 2.43. The Morgan fingerprint density at radius 3 is 1.86 bits per heavy atom. The maximum atomic E-state index is 11.6. The van der Waals surface area contributed by atoms with Crippen LogP contribution in [-0.2, 0) is 0 Å². The van der Waals surface area contributed by atoms with Crippen LogP contribution in [0.5, 0.6) is 11.5 Å². The highest BCUT2D eigenvalue weighted by Crippen LogP contribution is 2.22. The van der Waals surface area contributed by atoms with Crippen molar-refractivity contribution in [1.82, 2.24) is 5.32 Å². The zero-order chi connectivity index (χ0) is 15.2. The summed E-state index contributed by atoms with van der Waals surface area (Å²) in [6.07, 6.45) is 0. The molecule has 0 aliphatic heterocycles. The van der Waals surface area contributed by atoms with E-state index in [2.05, 4.69) is 5.32 Å². The number of carboxylic acid groups (broad SMARTS) is 1. The summed E-state index contributed by atoms with van der Waals surface area (Å²) in [5, 5.41) is 11.5. The average molecular weight is 285 g/mol. The van der Waals surface area contributed by atoms with Gasteiger partial charge in [-0.1, -0.05) is 0 Å². The Kier molecular flexibility index (Phi) is 4.56. The number of carboxylic acids is 1. The normalized spacial score (nSPS) is 9.95. The third-order valence-corrected chi connectivity index (χ3v) is 2.79. The molecule has 0 radical (unpaired) electrons. The molecule has 0 atom stereocenters. The Morgan fingerprint density at radius 1 is 0.952 bits per heavy atom. The van der Waals surface area contributed by atoms with E-state index in [0.717, 1.165) is 0 Å². The zero-order valence-corrected chi connectivity index (χ0v) is 11.5. The molecule has 108 valence electrons. The lowest BCUT2D eigenvalue weighted by Crippen LogP contribution is -2.22. The number of carbonyl (C=O) groups is 2. The van der Waals surface area contributed by atoms with Gasteiger partial charge in [0.2, 0.25) is 0 Å². The van der Waals surface area contributed by atoms with Gasteiger partial charge in [-0.15, -0.1) is 0 Å². The highest BCUT2D eigenvalue weighted by molar-refractivity contribution is 5.94. The number of nitrogens with one attached hydrogen (secondary N) is 1. The van der Waals surface area contributed by atoms with Crippen LogP contribution >= 0.6 is 0 Å². The molecule has 0 saturated heterocycles. The molecule has 0 spiro atoms. The number of rotatable bonds is 5. The van der Waals surface area contributed by atoms with Crippen molar-refractivity contribution in [2.45, 2.75) is 6.92 Å². The van der Waals surface area contributed by atoms with Crippen LogP contribution in [0, 0.1) is 0 Å². The fourth-order valence-corrected chi connectivity index (χ4v) is 1.74. The first-order chi connectivity index (χ1) is 10.1. The van der Waals surface area contributed by atoms with Crippen LogP contribution in [0.15, 0.2) is 48.5 Å². The summed E-state index contributed by atoms with van der Waals surface area (Å²) in [4.78, 5) is 22.4. The predicted octanol–water partition coefficient (Wildman–Crippen LogP) is 2.93. The molecule has 5 nitrogen and oxygen atoms in total. The summed E-state index contributed by atoms with van der Waals surface area (Å²) >= 11 is 0. The SMILES string of the molecule is CCNC(=O)c1ccc(Oc2ccc(C(=O)O)cc2)cc1. The van der Waals surface area contributed by atoms with Gasteiger partial charge in [0.05, 0.1) is 5.56 Å². The number of ether oxygens (including phenoxy) is 1. The molecule has 0 bridgehead atoms. The molecular formula is C16H15NO4. The summed E-state index contributed by atoms with van der Waals surface area (Å²) in [6, 6.07) is 12.8. The molecule has 1 amide bonds. The monoisotopic (exact) mass is 285 g/mol. The van der Waals surface area contributed by atoms with Crippen LogP contribution in [0.3, 0.4) is 0 Å². The fourth-order valence-electron chi connectivity index (χ4n) is 1.74. The van der Waals surface area contributed by atoms with Gasteiger partial charge in [0.15, 0.2) is 0 Å². The van der Waals surface area contributed by atoms with Gasteiger partial charge >= 0.3 is 5.97 Å². The van der Waals surface area contributed by atoms with Crippen molar-refractivity contribution >= 4 is 11.9 Å². The zero-order valence-electron chi connectivity index (χ0n) is 11.5. The minimum atomic E-state index is -0.979. The van der Waals surface area contributed by atoms with Gasteiger partial charge in [-0.2, -0.15) is 0 Å². The van der Waals surface area contributed by atoms with Crippen molar-refractivity contribution < 1.29 is 19.4 Å². The van der Waals surface area contributed by atoms with Gasteiger partial charge in [0.1, 0.15) is 11.5 Å². The lowest BCUT2D eigenvalue weighted by Gasteiger charge is -2.07. The largest absolute Gasteiger partial charge is 0.478 e. The van der Waals surface area contributed by atoms with Crippen molar-refractivity contribution in [3.63, 3.8) is 0 Å². The molecule has 2 rings (SSSR count). The van der Waals surface area contributed by atoms with Crippen molar-refractivity contribution in [3.8, 4) is 11.5 Å². The first-order valence-electron chi connectivity index (χ1n) is 6.49. The molecular weight excluding hydrogens is 270 g/mol. The van der Waals surface area contributed by atoms with Gasteiger partial charge < -0.3 is 15.2 Å². The first-order valence-corrected chi connectivity index (χ1v) is 6.49. The number of carbonyl (C=O) groups excluding carboxylic acids is 1. The Balaban J connectivity index is 2.06. The Labute approximate surface area is 122 Å². The van der Waals surface area contributed by atoms with E-state index >= 15 is 0 Å². The van der Waals surface area contributed by atoms with Gasteiger partial charge in [-0.3, -0.25) is 4.79 Å². The highest BCUT2D eigenvalue weighted by atomic mass is 16.5. The molecule has 0 fully saturated rings. The van der Waals surface area contributed by atoms with Gasteiger partial charge in [0, 0.05) is 12.1 Å². The number of amides is 1. The van der Waals surface area contributed by atoms with E-state index in [1.54, 1.807) is 36.4 Å². The Hall–Kier alpha value is -2.82. The van der Waals surface area contributed by atoms with Gasteiger partial charge in [-0.05, 0) is 55.5 Å². The predicted molar refractivity (Wildman–Crippen MR) is 77.9 cm³/mol. The molecule has 0 aliphatic rings. The summed E-state index contributed by atoms with van der Waals surface area (Å²) in [5.41, 5.74) is 0.763. The van der Waals surface area contributed by atoms with E-state index in [-0.39, 0.29) is 11.5 Å². The Bertz CT molecular complexity index is 632. The molecule has 2 aromatic rings. The first kappa shape index (κ1) is 14.6. The minimum Gasteiger partial charge on any atom is -0.478 e.